The minimum atomic E-state index is 0.220. The molecule has 0 bridgehead atoms. The molecule has 1 aliphatic carbocycles. The Bertz CT molecular complexity index is 116. The summed E-state index contributed by atoms with van der Waals surface area (Å²) < 4.78 is 0. The lowest BCUT2D eigenvalue weighted by molar-refractivity contribution is 0.534. The van der Waals surface area contributed by atoms with E-state index in [1.165, 1.54) is 25.7 Å². The van der Waals surface area contributed by atoms with Crippen LogP contribution in [0.1, 0.15) is 32.6 Å². The van der Waals surface area contributed by atoms with E-state index in [-0.39, 0.29) is 5.54 Å². The van der Waals surface area contributed by atoms with Gasteiger partial charge in [0.25, 0.3) is 0 Å². The van der Waals surface area contributed by atoms with Crippen molar-refractivity contribution in [2.45, 2.75) is 38.1 Å². The second-order valence-corrected chi connectivity index (χ2v) is 3.82. The molecule has 0 aromatic carbocycles. The summed E-state index contributed by atoms with van der Waals surface area (Å²) in [6.45, 7) is 2.22. The molecule has 1 saturated carbocycles. The fraction of sp³-hybridized carbons (Fsp3) is 1.00. The van der Waals surface area contributed by atoms with Gasteiger partial charge in [0, 0.05) is 5.54 Å². The Morgan fingerprint density at radius 2 is 2.40 bits per heavy atom. The van der Waals surface area contributed by atoms with Crippen LogP contribution < -0.4 is 5.73 Å². The average molecular weight is 159 g/mol. The lowest BCUT2D eigenvalue weighted by atomic mass is 10.1. The van der Waals surface area contributed by atoms with E-state index in [9.17, 15) is 0 Å². The predicted octanol–water partition coefficient (Wildman–Crippen LogP) is 1.82. The highest BCUT2D eigenvalue weighted by molar-refractivity contribution is 7.80. The Morgan fingerprint density at radius 3 is 2.80 bits per heavy atom. The summed E-state index contributed by atoms with van der Waals surface area (Å²) >= 11 is 4.16. The van der Waals surface area contributed by atoms with E-state index < -0.39 is 0 Å². The molecular weight excluding hydrogens is 142 g/mol. The highest BCUT2D eigenvalue weighted by atomic mass is 32.1. The van der Waals surface area contributed by atoms with Crippen molar-refractivity contribution in [2.24, 2.45) is 11.7 Å². The SMILES string of the molecule is CCC1CC1(N)CCCS. The van der Waals surface area contributed by atoms with Gasteiger partial charge in [-0.25, -0.2) is 0 Å². The van der Waals surface area contributed by atoms with Crippen LogP contribution in [0.3, 0.4) is 0 Å². The molecule has 0 aliphatic heterocycles. The highest BCUT2D eigenvalue weighted by Gasteiger charge is 2.48. The first-order valence-corrected chi connectivity index (χ1v) is 4.76. The zero-order valence-corrected chi connectivity index (χ0v) is 7.53. The van der Waals surface area contributed by atoms with Crippen LogP contribution in [0, 0.1) is 5.92 Å². The Labute approximate surface area is 68.8 Å². The zero-order chi connectivity index (χ0) is 7.61. The van der Waals surface area contributed by atoms with Crippen LogP contribution in [-0.2, 0) is 0 Å². The van der Waals surface area contributed by atoms with Crippen molar-refractivity contribution >= 4 is 12.6 Å². The van der Waals surface area contributed by atoms with Gasteiger partial charge in [-0.15, -0.1) is 0 Å². The van der Waals surface area contributed by atoms with E-state index >= 15 is 0 Å². The van der Waals surface area contributed by atoms with Crippen LogP contribution in [-0.4, -0.2) is 11.3 Å². The van der Waals surface area contributed by atoms with Crippen molar-refractivity contribution in [1.82, 2.24) is 0 Å². The van der Waals surface area contributed by atoms with Gasteiger partial charge in [0.05, 0.1) is 0 Å². The van der Waals surface area contributed by atoms with E-state index in [1.807, 2.05) is 0 Å². The van der Waals surface area contributed by atoms with Crippen LogP contribution in [0.2, 0.25) is 0 Å². The van der Waals surface area contributed by atoms with E-state index in [4.69, 9.17) is 5.73 Å². The first kappa shape index (κ1) is 8.41. The number of rotatable bonds is 4. The Kier molecular flexibility index (Phi) is 2.64. The molecule has 1 fully saturated rings. The third-order valence-electron chi connectivity index (χ3n) is 2.57. The first-order chi connectivity index (χ1) is 4.73. The molecule has 2 unspecified atom stereocenters. The van der Waals surface area contributed by atoms with Crippen LogP contribution in [0.5, 0.6) is 0 Å². The molecule has 0 saturated heterocycles. The van der Waals surface area contributed by atoms with Gasteiger partial charge in [-0.3, -0.25) is 0 Å². The topological polar surface area (TPSA) is 26.0 Å². The quantitative estimate of drug-likeness (QED) is 0.601. The maximum atomic E-state index is 6.05. The molecule has 0 aromatic heterocycles. The molecule has 0 amide bonds. The summed E-state index contributed by atoms with van der Waals surface area (Å²) in [5.74, 6) is 1.79. The van der Waals surface area contributed by atoms with Gasteiger partial charge in [0.15, 0.2) is 0 Å². The maximum absolute atomic E-state index is 6.05. The first-order valence-electron chi connectivity index (χ1n) is 4.12. The minimum Gasteiger partial charge on any atom is -0.325 e. The maximum Gasteiger partial charge on any atom is 0.0187 e. The van der Waals surface area contributed by atoms with E-state index in [0.717, 1.165) is 11.7 Å². The Morgan fingerprint density at radius 1 is 1.70 bits per heavy atom. The lowest BCUT2D eigenvalue weighted by Crippen LogP contribution is -2.24. The largest absolute Gasteiger partial charge is 0.325 e. The molecule has 1 nitrogen and oxygen atoms in total. The summed E-state index contributed by atoms with van der Waals surface area (Å²) in [4.78, 5) is 0. The second kappa shape index (κ2) is 3.14. The number of thiol groups is 1. The van der Waals surface area contributed by atoms with Crippen molar-refractivity contribution < 1.29 is 0 Å². The van der Waals surface area contributed by atoms with Gasteiger partial charge in [-0.1, -0.05) is 13.3 Å². The van der Waals surface area contributed by atoms with Crippen molar-refractivity contribution in [3.63, 3.8) is 0 Å². The summed E-state index contributed by atoms with van der Waals surface area (Å²) in [5, 5.41) is 0. The standard InChI is InChI=1S/C8H17NS/c1-2-7-6-8(7,9)4-3-5-10/h7,10H,2-6,9H2,1H3. The van der Waals surface area contributed by atoms with Crippen LogP contribution in [0.15, 0.2) is 0 Å². The minimum absolute atomic E-state index is 0.220. The van der Waals surface area contributed by atoms with E-state index in [0.29, 0.717) is 0 Å². The third-order valence-corrected chi connectivity index (χ3v) is 2.89. The number of hydrogen-bond donors (Lipinski definition) is 2. The van der Waals surface area contributed by atoms with Crippen molar-refractivity contribution in [3.05, 3.63) is 0 Å². The molecule has 2 heteroatoms. The molecule has 0 heterocycles. The summed E-state index contributed by atoms with van der Waals surface area (Å²) in [6, 6.07) is 0. The Balaban J connectivity index is 2.16. The molecule has 1 rings (SSSR count). The summed E-state index contributed by atoms with van der Waals surface area (Å²) in [6.07, 6.45) is 4.85. The van der Waals surface area contributed by atoms with Gasteiger partial charge < -0.3 is 5.73 Å². The number of hydrogen-bond acceptors (Lipinski definition) is 2. The van der Waals surface area contributed by atoms with Gasteiger partial charge in [-0.05, 0) is 30.9 Å². The molecule has 60 valence electrons. The average Bonchev–Trinajstić information content (AvgIpc) is 2.59. The van der Waals surface area contributed by atoms with Crippen molar-refractivity contribution in [2.75, 3.05) is 5.75 Å². The summed E-state index contributed by atoms with van der Waals surface area (Å²) in [7, 11) is 0. The van der Waals surface area contributed by atoms with Crippen LogP contribution >= 0.6 is 12.6 Å². The summed E-state index contributed by atoms with van der Waals surface area (Å²) in [5.41, 5.74) is 6.27. The number of nitrogens with two attached hydrogens (primary N) is 1. The van der Waals surface area contributed by atoms with E-state index in [1.54, 1.807) is 0 Å². The van der Waals surface area contributed by atoms with Crippen LogP contribution in [0.4, 0.5) is 0 Å². The molecule has 10 heavy (non-hydrogen) atoms. The lowest BCUT2D eigenvalue weighted by Gasteiger charge is -2.08. The van der Waals surface area contributed by atoms with Gasteiger partial charge in [0.2, 0.25) is 0 Å². The molecule has 0 spiro atoms. The molecule has 2 N–H and O–H groups in total. The molecule has 0 radical (unpaired) electrons. The third kappa shape index (κ3) is 1.67. The smallest absolute Gasteiger partial charge is 0.0187 e. The highest BCUT2D eigenvalue weighted by Crippen LogP contribution is 2.46. The van der Waals surface area contributed by atoms with Crippen molar-refractivity contribution in [3.8, 4) is 0 Å². The normalized spacial score (nSPS) is 38.1. The van der Waals surface area contributed by atoms with Crippen molar-refractivity contribution in [1.29, 1.82) is 0 Å². The molecule has 0 aromatic rings. The zero-order valence-electron chi connectivity index (χ0n) is 6.64. The second-order valence-electron chi connectivity index (χ2n) is 3.37. The van der Waals surface area contributed by atoms with Gasteiger partial charge in [-0.2, -0.15) is 12.6 Å². The van der Waals surface area contributed by atoms with E-state index in [2.05, 4.69) is 19.6 Å². The van der Waals surface area contributed by atoms with Gasteiger partial charge in [0.1, 0.15) is 0 Å². The molecule has 2 atom stereocenters. The van der Waals surface area contributed by atoms with Crippen LogP contribution in [0.25, 0.3) is 0 Å². The fourth-order valence-electron chi connectivity index (χ4n) is 1.67. The van der Waals surface area contributed by atoms with Gasteiger partial charge >= 0.3 is 0 Å². The monoisotopic (exact) mass is 159 g/mol. The molecular formula is C8H17NS. The predicted molar refractivity (Wildman–Crippen MR) is 48.4 cm³/mol. The Hall–Kier alpha value is 0.310. The fourth-order valence-corrected chi connectivity index (χ4v) is 1.82. The molecule has 1 aliphatic rings.